The number of benzene rings is 3. The molecule has 0 N–H and O–H groups in total. The van der Waals surface area contributed by atoms with Gasteiger partial charge in [0.05, 0.1) is 34.4 Å². The maximum absolute atomic E-state index is 15.0. The van der Waals surface area contributed by atoms with E-state index in [1.807, 2.05) is 0 Å². The molecule has 0 aromatic heterocycles. The number of nitrogens with zero attached hydrogens (tertiary/aromatic N) is 4. The molecule has 17 heteroatoms. The molecule has 230 valence electrons. The molecule has 1 saturated carbocycles. The quantitative estimate of drug-likeness (QED) is 0.0939. The van der Waals surface area contributed by atoms with Crippen LogP contribution in [0.4, 0.5) is 57.1 Å². The lowest BCUT2D eigenvalue weighted by Gasteiger charge is -2.09. The van der Waals surface area contributed by atoms with Crippen LogP contribution in [-0.4, -0.2) is 0 Å². The molecule has 0 atom stereocenters. The number of hydrogen-bond acceptors (Lipinski definition) is 3. The van der Waals surface area contributed by atoms with Gasteiger partial charge in [0.2, 0.25) is 11.5 Å². The van der Waals surface area contributed by atoms with Gasteiger partial charge in [0, 0.05) is 5.56 Å². The molecule has 1 aliphatic rings. The third-order valence-corrected chi connectivity index (χ3v) is 6.56. The van der Waals surface area contributed by atoms with Gasteiger partial charge in [-0.1, -0.05) is 0 Å². The largest absolute Gasteiger partial charge is 0.237 e. The first kappa shape index (κ1) is 32.8. The van der Waals surface area contributed by atoms with Crippen molar-refractivity contribution in [2.24, 2.45) is 0 Å². The minimum absolute atomic E-state index is 0.543. The van der Waals surface area contributed by atoms with Crippen molar-refractivity contribution in [1.29, 1.82) is 15.8 Å². The standard InChI is InChI=1S/C29H3F13N4/c1-6-16(30)20(34)12(21(35)17(6)31)7(3-43)10-11(8(4-44)13-22(36)26(40)28(42)27(41)23(13)37)14(10)29(46-2)15-24(38)18(32)9(5-45)19(33)25(15)39/h1H3. The normalized spacial score (nSPS) is 15.4. The summed E-state index contributed by atoms with van der Waals surface area (Å²) in [6.45, 7) is 7.92. The Kier molecular flexibility index (Phi) is 8.18. The molecule has 3 aromatic carbocycles. The van der Waals surface area contributed by atoms with E-state index in [1.165, 1.54) is 0 Å². The fourth-order valence-electron chi connectivity index (χ4n) is 4.36. The van der Waals surface area contributed by atoms with Gasteiger partial charge in [-0.15, -0.1) is 0 Å². The Morgan fingerprint density at radius 3 is 1.13 bits per heavy atom. The van der Waals surface area contributed by atoms with Gasteiger partial charge in [0.1, 0.15) is 23.8 Å². The van der Waals surface area contributed by atoms with E-state index in [1.54, 1.807) is 0 Å². The van der Waals surface area contributed by atoms with Crippen LogP contribution in [0.5, 0.6) is 0 Å². The maximum Gasteiger partial charge on any atom is 0.208 e. The highest BCUT2D eigenvalue weighted by molar-refractivity contribution is 6.11. The van der Waals surface area contributed by atoms with Crippen LogP contribution in [0.1, 0.15) is 27.8 Å². The van der Waals surface area contributed by atoms with Crippen molar-refractivity contribution in [2.45, 2.75) is 6.92 Å². The van der Waals surface area contributed by atoms with E-state index in [0.717, 1.165) is 18.2 Å². The van der Waals surface area contributed by atoms with Gasteiger partial charge in [0.25, 0.3) is 0 Å². The highest BCUT2D eigenvalue weighted by Crippen LogP contribution is 2.57. The van der Waals surface area contributed by atoms with E-state index in [9.17, 15) is 67.6 Å². The molecule has 0 radical (unpaired) electrons. The molecule has 0 heterocycles. The van der Waals surface area contributed by atoms with E-state index < -0.39 is 137 Å². The topological polar surface area (TPSA) is 75.7 Å². The monoisotopic (exact) mass is 654 g/mol. The molecule has 0 unspecified atom stereocenters. The van der Waals surface area contributed by atoms with Crippen molar-refractivity contribution in [2.75, 3.05) is 0 Å². The Morgan fingerprint density at radius 1 is 0.478 bits per heavy atom. The van der Waals surface area contributed by atoms with E-state index in [0.29, 0.717) is 6.92 Å². The summed E-state index contributed by atoms with van der Waals surface area (Å²) in [6, 6.07) is 2.71. The molecule has 0 spiro atoms. The molecule has 0 bridgehead atoms. The fourth-order valence-corrected chi connectivity index (χ4v) is 4.36. The van der Waals surface area contributed by atoms with Crippen molar-refractivity contribution in [3.63, 3.8) is 0 Å². The first-order valence-electron chi connectivity index (χ1n) is 11.6. The Morgan fingerprint density at radius 2 is 0.804 bits per heavy atom. The molecule has 0 amide bonds. The molecule has 46 heavy (non-hydrogen) atoms. The summed E-state index contributed by atoms with van der Waals surface area (Å²) < 4.78 is 189. The van der Waals surface area contributed by atoms with Crippen LogP contribution in [0.3, 0.4) is 0 Å². The van der Waals surface area contributed by atoms with E-state index >= 15 is 0 Å². The molecule has 1 aliphatic carbocycles. The molecule has 0 aliphatic heterocycles. The number of nitriles is 3. The zero-order chi connectivity index (χ0) is 34.7. The van der Waals surface area contributed by atoms with Crippen molar-refractivity contribution < 1.29 is 57.1 Å². The zero-order valence-electron chi connectivity index (χ0n) is 21.7. The van der Waals surface area contributed by atoms with E-state index in [2.05, 4.69) is 4.85 Å². The molecule has 4 rings (SSSR count). The molecule has 1 fully saturated rings. The second-order valence-corrected chi connectivity index (χ2v) is 8.88. The third kappa shape index (κ3) is 4.44. The Labute approximate surface area is 246 Å². The molecule has 3 aromatic rings. The predicted molar refractivity (Wildman–Crippen MR) is 127 cm³/mol. The Hall–Kier alpha value is -6.07. The number of hydrogen-bond donors (Lipinski definition) is 0. The van der Waals surface area contributed by atoms with Gasteiger partial charge >= 0.3 is 0 Å². The Bertz CT molecular complexity index is 2040. The van der Waals surface area contributed by atoms with Crippen LogP contribution in [-0.2, 0) is 0 Å². The first-order chi connectivity index (χ1) is 21.5. The molecular weight excluding hydrogens is 651 g/mol. The maximum atomic E-state index is 15.0. The number of allylic oxidation sites excluding steroid dienone is 5. The van der Waals surface area contributed by atoms with Gasteiger partial charge in [-0.3, -0.25) is 0 Å². The van der Waals surface area contributed by atoms with Crippen molar-refractivity contribution in [3.05, 3.63) is 132 Å². The predicted octanol–water partition coefficient (Wildman–Crippen LogP) is 8.27. The van der Waals surface area contributed by atoms with E-state index in [-0.39, 0.29) is 0 Å². The number of halogens is 13. The zero-order valence-corrected chi connectivity index (χ0v) is 21.7. The minimum Gasteiger partial charge on any atom is -0.237 e. The summed E-state index contributed by atoms with van der Waals surface area (Å²) in [6.07, 6.45) is 0. The van der Waals surface area contributed by atoms with Crippen LogP contribution >= 0.6 is 0 Å². The second kappa shape index (κ2) is 11.5. The summed E-state index contributed by atoms with van der Waals surface area (Å²) in [5, 5.41) is 28.3. The second-order valence-electron chi connectivity index (χ2n) is 8.88. The molecule has 4 nitrogen and oxygen atoms in total. The number of rotatable bonds is 3. The van der Waals surface area contributed by atoms with Crippen molar-refractivity contribution >= 4 is 16.8 Å². The van der Waals surface area contributed by atoms with Gasteiger partial charge in [-0.05, 0) is 23.6 Å². The van der Waals surface area contributed by atoms with Crippen LogP contribution in [0, 0.1) is 123 Å². The summed E-state index contributed by atoms with van der Waals surface area (Å²) >= 11 is 0. The van der Waals surface area contributed by atoms with E-state index in [4.69, 9.17) is 11.8 Å². The van der Waals surface area contributed by atoms with Crippen molar-refractivity contribution in [3.8, 4) is 18.2 Å². The average Bonchev–Trinajstić information content (AvgIpc) is 3.76. The van der Waals surface area contributed by atoms with Crippen LogP contribution in [0.2, 0.25) is 0 Å². The highest BCUT2D eigenvalue weighted by atomic mass is 19.2. The van der Waals surface area contributed by atoms with Gasteiger partial charge < -0.3 is 0 Å². The van der Waals surface area contributed by atoms with Crippen LogP contribution < -0.4 is 0 Å². The summed E-state index contributed by atoms with van der Waals surface area (Å²) in [5.41, 5.74) is -18.7. The highest BCUT2D eigenvalue weighted by Gasteiger charge is 2.46. The summed E-state index contributed by atoms with van der Waals surface area (Å²) in [4.78, 5) is 2.60. The fraction of sp³-hybridized carbons (Fsp3) is 0.0345. The lowest BCUT2D eigenvalue weighted by Crippen LogP contribution is -2.06. The lowest BCUT2D eigenvalue weighted by molar-refractivity contribution is 0.376. The minimum atomic E-state index is -2.75. The average molecular weight is 654 g/mol. The SMILES string of the molecule is [C-]#[N+]C(=C1C(=C(C#N)c2c(F)c(F)c(C)c(F)c2F)C1=C(C#N)c1c(F)c(F)c(F)c(F)c1F)c1c(F)c(F)c(C#N)c(F)c1F. The van der Waals surface area contributed by atoms with Gasteiger partial charge in [0.15, 0.2) is 69.8 Å². The van der Waals surface area contributed by atoms with Crippen molar-refractivity contribution in [1.82, 2.24) is 0 Å². The van der Waals surface area contributed by atoms with Crippen LogP contribution in [0.25, 0.3) is 21.7 Å². The summed E-state index contributed by atoms with van der Waals surface area (Å²) in [5.74, 6) is -32.3. The smallest absolute Gasteiger partial charge is 0.208 e. The Balaban J connectivity index is 2.36. The van der Waals surface area contributed by atoms with Gasteiger partial charge in [-0.25, -0.2) is 61.9 Å². The molecular formula is C29H3F13N4. The third-order valence-electron chi connectivity index (χ3n) is 6.56. The molecule has 0 saturated heterocycles. The van der Waals surface area contributed by atoms with Gasteiger partial charge in [-0.2, -0.15) is 15.8 Å². The summed E-state index contributed by atoms with van der Waals surface area (Å²) in [7, 11) is 0. The first-order valence-corrected chi connectivity index (χ1v) is 11.6. The lowest BCUT2D eigenvalue weighted by atomic mass is 9.99. The van der Waals surface area contributed by atoms with Crippen LogP contribution in [0.15, 0.2) is 16.7 Å².